The lowest BCUT2D eigenvalue weighted by atomic mass is 10.0. The third-order valence-electron chi connectivity index (χ3n) is 4.34. The first-order valence-electron chi connectivity index (χ1n) is 8.10. The van der Waals surface area contributed by atoms with Gasteiger partial charge in [0.25, 0.3) is 11.5 Å². The van der Waals surface area contributed by atoms with Crippen LogP contribution >= 0.6 is 0 Å². The molecule has 0 unspecified atom stereocenters. The van der Waals surface area contributed by atoms with E-state index in [2.05, 4.69) is 5.32 Å². The normalized spacial score (nSPS) is 13.8. The summed E-state index contributed by atoms with van der Waals surface area (Å²) in [5.41, 5.74) is 0.0295. The van der Waals surface area contributed by atoms with Crippen molar-refractivity contribution in [1.29, 1.82) is 0 Å². The third-order valence-corrected chi connectivity index (χ3v) is 4.34. The van der Waals surface area contributed by atoms with Gasteiger partial charge in [0.15, 0.2) is 0 Å². The number of amides is 1. The number of benzene rings is 1. The molecule has 0 saturated heterocycles. The fraction of sp³-hybridized carbons (Fsp3) is 0.333. The Bertz CT molecular complexity index is 886. The number of nitrogens with zero attached hydrogens (tertiary/aromatic N) is 1. The van der Waals surface area contributed by atoms with Gasteiger partial charge in [0, 0.05) is 24.0 Å². The largest absolute Gasteiger partial charge is 0.496 e. The lowest BCUT2D eigenvalue weighted by Gasteiger charge is -2.22. The quantitative estimate of drug-likeness (QED) is 0.905. The predicted octanol–water partition coefficient (Wildman–Crippen LogP) is 3.46. The van der Waals surface area contributed by atoms with Crippen LogP contribution in [0, 0.1) is 0 Å². The molecule has 2 aromatic rings. The molecule has 0 radical (unpaired) electrons. The molecule has 0 spiro atoms. The Morgan fingerprint density at radius 2 is 1.88 bits per heavy atom. The maximum atomic E-state index is 12.7. The Morgan fingerprint density at radius 1 is 1.19 bits per heavy atom. The average Bonchev–Trinajstić information content (AvgIpc) is 2.61. The van der Waals surface area contributed by atoms with Crippen molar-refractivity contribution in [1.82, 2.24) is 4.57 Å². The van der Waals surface area contributed by atoms with Gasteiger partial charge in [-0.3, -0.25) is 9.59 Å². The predicted molar refractivity (Wildman–Crippen MR) is 89.6 cm³/mol. The van der Waals surface area contributed by atoms with Gasteiger partial charge in [0.1, 0.15) is 11.3 Å². The smallest absolute Gasteiger partial charge is 0.416 e. The number of methoxy groups -OCH3 is 1. The van der Waals surface area contributed by atoms with Crippen molar-refractivity contribution < 1.29 is 22.7 Å². The third kappa shape index (κ3) is 3.44. The molecule has 1 aliphatic rings. The molecule has 5 nitrogen and oxygen atoms in total. The van der Waals surface area contributed by atoms with Crippen molar-refractivity contribution in [2.24, 2.45) is 0 Å². The SMILES string of the molecule is COc1cc(=O)n2c(c1C(=O)Nc1ccc(C(F)(F)F)cc1)CCCC2. The highest BCUT2D eigenvalue weighted by molar-refractivity contribution is 6.07. The second-order valence-electron chi connectivity index (χ2n) is 6.01. The van der Waals surface area contributed by atoms with E-state index in [1.54, 1.807) is 4.57 Å². The number of fused-ring (bicyclic) bond motifs is 1. The minimum absolute atomic E-state index is 0.160. The second-order valence-corrected chi connectivity index (χ2v) is 6.01. The number of carbonyl (C=O) groups is 1. The Labute approximate surface area is 147 Å². The van der Waals surface area contributed by atoms with Crippen molar-refractivity contribution in [3.8, 4) is 5.75 Å². The van der Waals surface area contributed by atoms with Gasteiger partial charge in [-0.2, -0.15) is 13.2 Å². The number of pyridine rings is 1. The Hall–Kier alpha value is -2.77. The van der Waals surface area contributed by atoms with Crippen LogP contribution in [0.1, 0.15) is 34.5 Å². The molecule has 1 aromatic heterocycles. The first kappa shape index (κ1) is 18.0. The van der Waals surface area contributed by atoms with Crippen molar-refractivity contribution in [2.45, 2.75) is 32.0 Å². The molecule has 0 bridgehead atoms. The number of alkyl halides is 3. The fourth-order valence-electron chi connectivity index (χ4n) is 3.08. The molecule has 1 amide bonds. The number of ether oxygens (including phenoxy) is 1. The average molecular weight is 366 g/mol. The molecule has 1 aliphatic heterocycles. The molecule has 0 atom stereocenters. The van der Waals surface area contributed by atoms with Gasteiger partial charge >= 0.3 is 6.18 Å². The maximum absolute atomic E-state index is 12.7. The highest BCUT2D eigenvalue weighted by Crippen LogP contribution is 2.30. The van der Waals surface area contributed by atoms with Gasteiger partial charge in [0.2, 0.25) is 0 Å². The van der Waals surface area contributed by atoms with Gasteiger partial charge in [-0.05, 0) is 43.5 Å². The summed E-state index contributed by atoms with van der Waals surface area (Å²) in [6.07, 6.45) is -2.19. The zero-order chi connectivity index (χ0) is 18.9. The zero-order valence-electron chi connectivity index (χ0n) is 14.0. The summed E-state index contributed by atoms with van der Waals surface area (Å²) in [6.45, 7) is 0.527. The number of nitrogens with one attached hydrogen (secondary N) is 1. The van der Waals surface area contributed by atoms with E-state index in [9.17, 15) is 22.8 Å². The van der Waals surface area contributed by atoms with Gasteiger partial charge in [-0.25, -0.2) is 0 Å². The number of carbonyl (C=O) groups excluding carboxylic acids is 1. The minimum atomic E-state index is -4.44. The van der Waals surface area contributed by atoms with E-state index in [1.165, 1.54) is 25.3 Å². The summed E-state index contributed by atoms with van der Waals surface area (Å²) in [5, 5.41) is 2.58. The summed E-state index contributed by atoms with van der Waals surface area (Å²) >= 11 is 0. The van der Waals surface area contributed by atoms with Crippen molar-refractivity contribution >= 4 is 11.6 Å². The number of hydrogen-bond acceptors (Lipinski definition) is 3. The monoisotopic (exact) mass is 366 g/mol. The van der Waals surface area contributed by atoms with Crippen molar-refractivity contribution in [3.05, 3.63) is 57.5 Å². The minimum Gasteiger partial charge on any atom is -0.496 e. The Kier molecular flexibility index (Phi) is 4.76. The Balaban J connectivity index is 1.94. The molecule has 2 heterocycles. The number of aromatic nitrogens is 1. The topological polar surface area (TPSA) is 60.3 Å². The Morgan fingerprint density at radius 3 is 2.50 bits per heavy atom. The highest BCUT2D eigenvalue weighted by atomic mass is 19.4. The highest BCUT2D eigenvalue weighted by Gasteiger charge is 2.30. The summed E-state index contributed by atoms with van der Waals surface area (Å²) < 4.78 is 44.6. The van der Waals surface area contributed by atoms with Crippen LogP contribution in [0.2, 0.25) is 0 Å². The maximum Gasteiger partial charge on any atom is 0.416 e. The molecule has 138 valence electrons. The number of rotatable bonds is 3. The van der Waals surface area contributed by atoms with Crippen LogP contribution in [0.4, 0.5) is 18.9 Å². The standard InChI is InChI=1S/C18H17F3N2O3/c1-26-14-10-15(24)23-9-3-2-4-13(23)16(14)17(25)22-12-7-5-11(6-8-12)18(19,20)21/h5-8,10H,2-4,9H2,1H3,(H,22,25). The van der Waals surface area contributed by atoms with E-state index in [4.69, 9.17) is 4.74 Å². The van der Waals surface area contributed by atoms with Crippen LogP contribution in [0.5, 0.6) is 5.75 Å². The number of anilines is 1. The number of halogens is 3. The zero-order valence-corrected chi connectivity index (χ0v) is 14.0. The van der Waals surface area contributed by atoms with E-state index in [0.717, 1.165) is 25.0 Å². The van der Waals surface area contributed by atoms with Gasteiger partial charge in [-0.1, -0.05) is 0 Å². The molecule has 3 rings (SSSR count). The lowest BCUT2D eigenvalue weighted by Crippen LogP contribution is -2.30. The molecular weight excluding hydrogens is 349 g/mol. The van der Waals surface area contributed by atoms with Gasteiger partial charge < -0.3 is 14.6 Å². The van der Waals surface area contributed by atoms with E-state index >= 15 is 0 Å². The molecule has 8 heteroatoms. The molecule has 0 aliphatic carbocycles. The van der Waals surface area contributed by atoms with Crippen LogP contribution in [0.15, 0.2) is 35.1 Å². The van der Waals surface area contributed by atoms with Crippen LogP contribution < -0.4 is 15.6 Å². The van der Waals surface area contributed by atoms with Crippen molar-refractivity contribution in [2.75, 3.05) is 12.4 Å². The number of hydrogen-bond donors (Lipinski definition) is 1. The van der Waals surface area contributed by atoms with Crippen molar-refractivity contribution in [3.63, 3.8) is 0 Å². The van der Waals surface area contributed by atoms with Crippen LogP contribution in [0.25, 0.3) is 0 Å². The molecule has 1 N–H and O–H groups in total. The van der Waals surface area contributed by atoms with E-state index in [-0.39, 0.29) is 22.6 Å². The molecule has 0 fully saturated rings. The van der Waals surface area contributed by atoms with Crippen LogP contribution in [-0.2, 0) is 19.1 Å². The van der Waals surface area contributed by atoms with E-state index in [0.29, 0.717) is 18.7 Å². The van der Waals surface area contributed by atoms with Crippen LogP contribution in [0.3, 0.4) is 0 Å². The van der Waals surface area contributed by atoms with E-state index in [1.807, 2.05) is 0 Å². The van der Waals surface area contributed by atoms with Gasteiger partial charge in [-0.15, -0.1) is 0 Å². The van der Waals surface area contributed by atoms with E-state index < -0.39 is 17.6 Å². The fourth-order valence-corrected chi connectivity index (χ4v) is 3.08. The summed E-state index contributed by atoms with van der Waals surface area (Å²) in [4.78, 5) is 24.9. The first-order valence-corrected chi connectivity index (χ1v) is 8.10. The summed E-state index contributed by atoms with van der Waals surface area (Å²) in [6, 6.07) is 5.44. The second kappa shape index (κ2) is 6.86. The summed E-state index contributed by atoms with van der Waals surface area (Å²) in [7, 11) is 1.36. The lowest BCUT2D eigenvalue weighted by molar-refractivity contribution is -0.137. The molecule has 26 heavy (non-hydrogen) atoms. The van der Waals surface area contributed by atoms with Gasteiger partial charge in [0.05, 0.1) is 12.7 Å². The first-order chi connectivity index (χ1) is 12.3. The molecule has 0 saturated carbocycles. The molecular formula is C18H17F3N2O3. The summed E-state index contributed by atoms with van der Waals surface area (Å²) in [5.74, 6) is -0.361. The molecule has 1 aromatic carbocycles. The van der Waals surface area contributed by atoms with Crippen LogP contribution in [-0.4, -0.2) is 17.6 Å².